The third-order valence-corrected chi connectivity index (χ3v) is 5.67. The van der Waals surface area contributed by atoms with Crippen LogP contribution in [0, 0.1) is 11.8 Å². The Bertz CT molecular complexity index is 495. The second-order valence-electron chi connectivity index (χ2n) is 6.08. The Hall–Kier alpha value is -1.15. The van der Waals surface area contributed by atoms with E-state index in [2.05, 4.69) is 0 Å². The van der Waals surface area contributed by atoms with E-state index in [9.17, 15) is 18.0 Å². The highest BCUT2D eigenvalue weighted by Crippen LogP contribution is 2.22. The van der Waals surface area contributed by atoms with Gasteiger partial charge >= 0.3 is 5.97 Å². The Morgan fingerprint density at radius 2 is 1.82 bits per heavy atom. The Kier molecular flexibility index (Phi) is 6.80. The third-order valence-electron chi connectivity index (χ3n) is 3.78. The largest absolute Gasteiger partial charge is 0.480 e. The van der Waals surface area contributed by atoms with Gasteiger partial charge in [-0.05, 0) is 25.7 Å². The maximum absolute atomic E-state index is 12.5. The van der Waals surface area contributed by atoms with Crippen LogP contribution in [-0.4, -0.2) is 66.5 Å². The van der Waals surface area contributed by atoms with Gasteiger partial charge in [0.15, 0.2) is 0 Å². The predicted molar refractivity (Wildman–Crippen MR) is 82.8 cm³/mol. The van der Waals surface area contributed by atoms with E-state index in [1.807, 2.05) is 13.8 Å². The molecule has 1 aliphatic rings. The first kappa shape index (κ1) is 18.9. The van der Waals surface area contributed by atoms with Crippen molar-refractivity contribution in [1.82, 2.24) is 9.21 Å². The van der Waals surface area contributed by atoms with Gasteiger partial charge in [-0.1, -0.05) is 13.8 Å². The Morgan fingerprint density at radius 3 is 2.23 bits per heavy atom. The summed E-state index contributed by atoms with van der Waals surface area (Å²) in [7, 11) is -3.21. The van der Waals surface area contributed by atoms with Crippen molar-refractivity contribution >= 4 is 21.9 Å². The fourth-order valence-electron chi connectivity index (χ4n) is 2.66. The molecule has 1 fully saturated rings. The van der Waals surface area contributed by atoms with Crippen LogP contribution in [0.15, 0.2) is 0 Å². The molecule has 0 spiro atoms. The van der Waals surface area contributed by atoms with Crippen molar-refractivity contribution in [2.45, 2.75) is 33.6 Å². The minimum absolute atomic E-state index is 0.0596. The van der Waals surface area contributed by atoms with Crippen molar-refractivity contribution < 1.29 is 23.1 Å². The second kappa shape index (κ2) is 7.92. The highest BCUT2D eigenvalue weighted by Gasteiger charge is 2.33. The van der Waals surface area contributed by atoms with Crippen molar-refractivity contribution in [3.63, 3.8) is 0 Å². The highest BCUT2D eigenvalue weighted by atomic mass is 32.2. The lowest BCUT2D eigenvalue weighted by Crippen LogP contribution is -2.46. The first-order chi connectivity index (χ1) is 10.2. The van der Waals surface area contributed by atoms with E-state index in [1.54, 1.807) is 6.92 Å². The topological polar surface area (TPSA) is 95.0 Å². The summed E-state index contributed by atoms with van der Waals surface area (Å²) in [6.07, 6.45) is 0.901. The molecule has 0 aromatic carbocycles. The number of hydrogen-bond donors (Lipinski definition) is 1. The minimum Gasteiger partial charge on any atom is -0.480 e. The lowest BCUT2D eigenvalue weighted by molar-refractivity contribution is -0.147. The molecule has 1 rings (SSSR count). The van der Waals surface area contributed by atoms with E-state index in [4.69, 9.17) is 5.11 Å². The number of carbonyl (C=O) groups is 2. The van der Waals surface area contributed by atoms with Crippen molar-refractivity contribution in [3.8, 4) is 0 Å². The molecule has 0 aliphatic carbocycles. The van der Waals surface area contributed by atoms with Crippen molar-refractivity contribution in [2.24, 2.45) is 11.8 Å². The summed E-state index contributed by atoms with van der Waals surface area (Å²) < 4.78 is 25.0. The molecule has 0 radical (unpaired) electrons. The smallest absolute Gasteiger partial charge is 0.323 e. The third kappa shape index (κ3) is 5.24. The van der Waals surface area contributed by atoms with Gasteiger partial charge in [0.1, 0.15) is 6.54 Å². The summed E-state index contributed by atoms with van der Waals surface area (Å²) in [5.41, 5.74) is 0. The van der Waals surface area contributed by atoms with Crippen LogP contribution in [0.5, 0.6) is 0 Å². The molecule has 7 nitrogen and oxygen atoms in total. The number of nitrogens with zero attached hydrogens (tertiary/aromatic N) is 2. The van der Waals surface area contributed by atoms with Crippen molar-refractivity contribution in [3.05, 3.63) is 0 Å². The number of carbonyl (C=O) groups excluding carboxylic acids is 1. The molecule has 0 unspecified atom stereocenters. The number of carboxylic acids is 1. The molecule has 8 heteroatoms. The zero-order valence-corrected chi connectivity index (χ0v) is 14.3. The van der Waals surface area contributed by atoms with Gasteiger partial charge in [0, 0.05) is 25.6 Å². The fourth-order valence-corrected chi connectivity index (χ4v) is 3.79. The number of carboxylic acid groups (broad SMARTS) is 1. The van der Waals surface area contributed by atoms with Crippen LogP contribution in [0.4, 0.5) is 0 Å². The SMILES string of the molecule is CCS(=O)(=O)N1CCC(C(=O)N(CC(=O)O)CC(C)C)CC1. The molecule has 1 heterocycles. The molecule has 1 saturated heterocycles. The van der Waals surface area contributed by atoms with Gasteiger partial charge in [0.05, 0.1) is 5.75 Å². The van der Waals surface area contributed by atoms with Crippen molar-refractivity contribution in [2.75, 3.05) is 31.9 Å². The summed E-state index contributed by atoms with van der Waals surface area (Å²) in [6, 6.07) is 0. The molecule has 128 valence electrons. The average molecular weight is 334 g/mol. The molecule has 0 saturated carbocycles. The maximum atomic E-state index is 12.5. The van der Waals surface area contributed by atoms with E-state index >= 15 is 0 Å². The van der Waals surface area contributed by atoms with Gasteiger partial charge in [-0.25, -0.2) is 12.7 Å². The van der Waals surface area contributed by atoms with Crippen LogP contribution in [-0.2, 0) is 19.6 Å². The first-order valence-corrected chi connectivity index (χ1v) is 9.26. The van der Waals surface area contributed by atoms with Crippen LogP contribution in [0.2, 0.25) is 0 Å². The average Bonchev–Trinajstić information content (AvgIpc) is 2.45. The van der Waals surface area contributed by atoms with Gasteiger partial charge < -0.3 is 10.0 Å². The summed E-state index contributed by atoms with van der Waals surface area (Å²) in [5, 5.41) is 8.94. The monoisotopic (exact) mass is 334 g/mol. The van der Waals surface area contributed by atoms with E-state index in [0.29, 0.717) is 32.5 Å². The Labute approximate surface area is 132 Å². The number of aliphatic carboxylic acids is 1. The van der Waals surface area contributed by atoms with Gasteiger partial charge in [-0.3, -0.25) is 9.59 Å². The molecule has 1 N–H and O–H groups in total. The lowest BCUT2D eigenvalue weighted by Gasteiger charge is -2.33. The Morgan fingerprint density at radius 1 is 1.27 bits per heavy atom. The van der Waals surface area contributed by atoms with Crippen LogP contribution in [0.25, 0.3) is 0 Å². The number of sulfonamides is 1. The normalized spacial score (nSPS) is 17.6. The van der Waals surface area contributed by atoms with Gasteiger partial charge in [0.25, 0.3) is 0 Å². The summed E-state index contributed by atoms with van der Waals surface area (Å²) in [5.74, 6) is -1.25. The molecule has 1 amide bonds. The zero-order valence-electron chi connectivity index (χ0n) is 13.5. The molecule has 1 aliphatic heterocycles. The number of rotatable bonds is 7. The second-order valence-corrected chi connectivity index (χ2v) is 8.34. The molecule has 22 heavy (non-hydrogen) atoms. The van der Waals surface area contributed by atoms with Gasteiger partial charge in [-0.2, -0.15) is 0 Å². The number of amides is 1. The standard InChI is InChI=1S/C14H26N2O5S/c1-4-22(20,21)16-7-5-12(6-8-16)14(19)15(9-11(2)3)10-13(17)18/h11-12H,4-10H2,1-3H3,(H,17,18). The van der Waals surface area contributed by atoms with Crippen molar-refractivity contribution in [1.29, 1.82) is 0 Å². The van der Waals surface area contributed by atoms with Gasteiger partial charge in [0.2, 0.25) is 15.9 Å². The molecule has 0 aromatic heterocycles. The van der Waals surface area contributed by atoms with Crippen LogP contribution in [0.1, 0.15) is 33.6 Å². The van der Waals surface area contributed by atoms with E-state index in [-0.39, 0.29) is 30.0 Å². The van der Waals surface area contributed by atoms with E-state index in [1.165, 1.54) is 9.21 Å². The number of piperidine rings is 1. The predicted octanol–water partition coefficient (Wildman–Crippen LogP) is 0.617. The lowest BCUT2D eigenvalue weighted by atomic mass is 9.96. The van der Waals surface area contributed by atoms with E-state index < -0.39 is 16.0 Å². The molecule has 0 aromatic rings. The van der Waals surface area contributed by atoms with Gasteiger partial charge in [-0.15, -0.1) is 0 Å². The molecular weight excluding hydrogens is 308 g/mol. The highest BCUT2D eigenvalue weighted by molar-refractivity contribution is 7.89. The summed E-state index contributed by atoms with van der Waals surface area (Å²) in [6.45, 7) is 6.22. The quantitative estimate of drug-likeness (QED) is 0.736. The first-order valence-electron chi connectivity index (χ1n) is 7.65. The fraction of sp³-hybridized carbons (Fsp3) is 0.857. The summed E-state index contributed by atoms with van der Waals surface area (Å²) in [4.78, 5) is 24.8. The molecule has 0 atom stereocenters. The van der Waals surface area contributed by atoms with Crippen LogP contribution in [0.3, 0.4) is 0 Å². The summed E-state index contributed by atoms with van der Waals surface area (Å²) >= 11 is 0. The molecule has 0 bridgehead atoms. The number of hydrogen-bond acceptors (Lipinski definition) is 4. The minimum atomic E-state index is -3.21. The van der Waals surface area contributed by atoms with Crippen LogP contribution < -0.4 is 0 Å². The maximum Gasteiger partial charge on any atom is 0.323 e. The van der Waals surface area contributed by atoms with Crippen LogP contribution >= 0.6 is 0 Å². The van der Waals surface area contributed by atoms with E-state index in [0.717, 1.165) is 0 Å². The zero-order chi connectivity index (χ0) is 16.9. The Balaban J connectivity index is 2.67. The molecular formula is C14H26N2O5S.